The minimum absolute atomic E-state index is 0. The van der Waals surface area contributed by atoms with Gasteiger partial charge >= 0.3 is 0 Å². The van der Waals surface area contributed by atoms with Crippen LogP contribution in [0.15, 0.2) is 0 Å². The Labute approximate surface area is 72.3 Å². The number of hydrogen-bond donors (Lipinski definition) is 0. The van der Waals surface area contributed by atoms with Gasteiger partial charge < -0.3 is 4.74 Å². The maximum absolute atomic E-state index is 4.60. The molecule has 0 aromatic carbocycles. The second-order valence-electron chi connectivity index (χ2n) is 0.658. The van der Waals surface area contributed by atoms with Crippen molar-refractivity contribution in [1.82, 2.24) is 0 Å². The van der Waals surface area contributed by atoms with E-state index in [-0.39, 0.29) is 26.2 Å². The predicted molar refractivity (Wildman–Crippen MR) is 38.9 cm³/mol. The van der Waals surface area contributed by atoms with Crippen LogP contribution >= 0.6 is 24.0 Å². The number of thiocarbonyl (C=S) groups is 1. The summed E-state index contributed by atoms with van der Waals surface area (Å²) in [6, 6.07) is 0. The van der Waals surface area contributed by atoms with Crippen LogP contribution in [0.25, 0.3) is 0 Å². The molecule has 0 N–H and O–H groups in total. The van der Waals surface area contributed by atoms with Crippen LogP contribution in [0.3, 0.4) is 0 Å². The number of ether oxygens (including phenoxy) is 1. The van der Waals surface area contributed by atoms with Gasteiger partial charge in [-0.15, -0.1) is 0 Å². The molecule has 0 fully saturated rings. The van der Waals surface area contributed by atoms with E-state index in [1.54, 1.807) is 7.11 Å². The summed E-state index contributed by atoms with van der Waals surface area (Å²) in [6.07, 6.45) is 1.88. The molecule has 7 heavy (non-hydrogen) atoms. The summed E-state index contributed by atoms with van der Waals surface area (Å²) in [5.74, 6) is 0. The molecule has 0 rings (SSSR count). The van der Waals surface area contributed by atoms with E-state index in [4.69, 9.17) is 0 Å². The van der Waals surface area contributed by atoms with Crippen molar-refractivity contribution in [2.75, 3.05) is 13.4 Å². The number of hydrogen-bond acceptors (Lipinski definition) is 3. The topological polar surface area (TPSA) is 9.23 Å². The second kappa shape index (κ2) is 7.12. The van der Waals surface area contributed by atoms with Crippen LogP contribution in [0.4, 0.5) is 0 Å². The normalized spacial score (nSPS) is 6.57. The minimum atomic E-state index is 0. The standard InChI is InChI=1S/C3H6OS2.Bi/c1-4-3(5)6-2;/h1-2H3;. The summed E-state index contributed by atoms with van der Waals surface area (Å²) in [7, 11) is 1.57. The number of rotatable bonds is 0. The minimum Gasteiger partial charge on any atom is -0.482 e. The third kappa shape index (κ3) is 7.12. The smallest absolute Gasteiger partial charge is 0.219 e. The third-order valence-electron chi connectivity index (χ3n) is 0.333. The zero-order chi connectivity index (χ0) is 4.99. The Bertz CT molecular complexity index is 50.9. The van der Waals surface area contributed by atoms with Gasteiger partial charge in [0.2, 0.25) is 4.38 Å². The van der Waals surface area contributed by atoms with Gasteiger partial charge in [-0.1, -0.05) is 11.8 Å². The van der Waals surface area contributed by atoms with E-state index >= 15 is 0 Å². The number of thioether (sulfide) groups is 1. The number of methoxy groups -OCH3 is 1. The van der Waals surface area contributed by atoms with E-state index in [1.807, 2.05) is 6.26 Å². The van der Waals surface area contributed by atoms with Crippen LogP contribution < -0.4 is 0 Å². The first-order chi connectivity index (χ1) is 2.81. The van der Waals surface area contributed by atoms with Crippen molar-refractivity contribution >= 4 is 54.6 Å². The summed E-state index contributed by atoms with van der Waals surface area (Å²) < 4.78 is 5.19. The quantitative estimate of drug-likeness (QED) is 0.482. The molecule has 0 aromatic rings. The first kappa shape index (κ1) is 11.0. The van der Waals surface area contributed by atoms with Crippen molar-refractivity contribution in [3.63, 3.8) is 0 Å². The average Bonchev–Trinajstić information content (AvgIpc) is 1.65. The van der Waals surface area contributed by atoms with Gasteiger partial charge in [0, 0.05) is 26.2 Å². The van der Waals surface area contributed by atoms with Gasteiger partial charge in [-0.3, -0.25) is 0 Å². The molecule has 1 nitrogen and oxygen atoms in total. The van der Waals surface area contributed by atoms with Gasteiger partial charge in [-0.25, -0.2) is 0 Å². The van der Waals surface area contributed by atoms with Crippen molar-refractivity contribution in [3.05, 3.63) is 0 Å². The zero-order valence-corrected chi connectivity index (χ0v) is 9.28. The molecular weight excluding hydrogens is 325 g/mol. The molecule has 4 heteroatoms. The maximum Gasteiger partial charge on any atom is 0.219 e. The van der Waals surface area contributed by atoms with Gasteiger partial charge in [0.25, 0.3) is 0 Å². The fourth-order valence-corrected chi connectivity index (χ4v) is 0.250. The Hall–Kier alpha value is 1.12. The van der Waals surface area contributed by atoms with E-state index in [0.717, 1.165) is 0 Å². The van der Waals surface area contributed by atoms with E-state index in [1.165, 1.54) is 11.8 Å². The molecule has 0 heterocycles. The van der Waals surface area contributed by atoms with Crippen molar-refractivity contribution in [2.24, 2.45) is 0 Å². The Balaban J connectivity index is 0. The molecule has 3 radical (unpaired) electrons. The monoisotopic (exact) mass is 331 g/mol. The van der Waals surface area contributed by atoms with E-state index in [0.29, 0.717) is 4.38 Å². The molecule has 0 spiro atoms. The van der Waals surface area contributed by atoms with E-state index < -0.39 is 0 Å². The summed E-state index contributed by atoms with van der Waals surface area (Å²) >= 11 is 6.03. The molecular formula is C3H6BiOS2. The van der Waals surface area contributed by atoms with Gasteiger partial charge in [-0.05, 0) is 18.5 Å². The van der Waals surface area contributed by atoms with Crippen LogP contribution in [0.5, 0.6) is 0 Å². The molecule has 0 aliphatic heterocycles. The summed E-state index contributed by atoms with van der Waals surface area (Å²) in [5.41, 5.74) is 0. The fraction of sp³-hybridized carbons (Fsp3) is 0.667. The Morgan fingerprint density at radius 2 is 2.14 bits per heavy atom. The average molecular weight is 331 g/mol. The molecule has 0 amide bonds. The molecule has 0 unspecified atom stereocenters. The Morgan fingerprint density at radius 1 is 1.71 bits per heavy atom. The second-order valence-corrected chi connectivity index (χ2v) is 2.07. The van der Waals surface area contributed by atoms with Crippen LogP contribution in [-0.2, 0) is 4.74 Å². The van der Waals surface area contributed by atoms with Crippen molar-refractivity contribution in [1.29, 1.82) is 0 Å². The van der Waals surface area contributed by atoms with Gasteiger partial charge in [0.15, 0.2) is 0 Å². The molecule has 0 saturated heterocycles. The van der Waals surface area contributed by atoms with E-state index in [9.17, 15) is 0 Å². The van der Waals surface area contributed by atoms with Crippen molar-refractivity contribution in [2.45, 2.75) is 0 Å². The van der Waals surface area contributed by atoms with Gasteiger partial charge in [0.05, 0.1) is 7.11 Å². The van der Waals surface area contributed by atoms with Crippen LogP contribution in [0, 0.1) is 0 Å². The SMILES string of the molecule is COC(=S)SC.[Bi]. The van der Waals surface area contributed by atoms with Crippen molar-refractivity contribution in [3.8, 4) is 0 Å². The van der Waals surface area contributed by atoms with Crippen LogP contribution in [-0.4, -0.2) is 44.0 Å². The first-order valence-corrected chi connectivity index (χ1v) is 3.06. The first-order valence-electron chi connectivity index (χ1n) is 1.43. The third-order valence-corrected chi connectivity index (χ3v) is 1.50. The summed E-state index contributed by atoms with van der Waals surface area (Å²) in [6.45, 7) is 0. The molecule has 0 aliphatic carbocycles. The van der Waals surface area contributed by atoms with Gasteiger partial charge in [0.1, 0.15) is 0 Å². The van der Waals surface area contributed by atoms with Crippen molar-refractivity contribution < 1.29 is 4.74 Å². The predicted octanol–water partition coefficient (Wildman–Crippen LogP) is 0.900. The molecule has 0 saturated carbocycles. The maximum atomic E-state index is 4.60. The largest absolute Gasteiger partial charge is 0.482 e. The summed E-state index contributed by atoms with van der Waals surface area (Å²) in [4.78, 5) is 0. The van der Waals surface area contributed by atoms with E-state index in [2.05, 4.69) is 17.0 Å². The molecule has 0 atom stereocenters. The molecule has 41 valence electrons. The zero-order valence-electron chi connectivity index (χ0n) is 4.17. The van der Waals surface area contributed by atoms with Crippen LogP contribution in [0.2, 0.25) is 0 Å². The van der Waals surface area contributed by atoms with Crippen LogP contribution in [0.1, 0.15) is 0 Å². The molecule has 0 aliphatic rings. The van der Waals surface area contributed by atoms with Gasteiger partial charge in [-0.2, -0.15) is 0 Å². The Kier molecular flexibility index (Phi) is 11.2. The molecule has 0 bridgehead atoms. The Morgan fingerprint density at radius 3 is 2.14 bits per heavy atom. The summed E-state index contributed by atoms with van der Waals surface area (Å²) in [5, 5.41) is 0. The molecule has 0 aromatic heterocycles. The fourth-order valence-electron chi connectivity index (χ4n) is 0.0833.